The molecule has 0 aliphatic carbocycles. The quantitative estimate of drug-likeness (QED) is 0.674. The zero-order valence-electron chi connectivity index (χ0n) is 10.0. The summed E-state index contributed by atoms with van der Waals surface area (Å²) in [4.78, 5) is 14.4. The number of hydrogen-bond acceptors (Lipinski definition) is 4. The Balaban J connectivity index is 2.03. The van der Waals surface area contributed by atoms with E-state index >= 15 is 0 Å². The summed E-state index contributed by atoms with van der Waals surface area (Å²) in [6.45, 7) is 1.01. The van der Waals surface area contributed by atoms with Gasteiger partial charge in [-0.15, -0.1) is 0 Å². The highest BCUT2D eigenvalue weighted by Gasteiger charge is 2.13. The van der Waals surface area contributed by atoms with Crippen molar-refractivity contribution < 1.29 is 4.92 Å². The van der Waals surface area contributed by atoms with Crippen LogP contribution in [0.25, 0.3) is 0 Å². The zero-order chi connectivity index (χ0) is 13.7. The van der Waals surface area contributed by atoms with Crippen LogP contribution < -0.4 is 5.32 Å². The molecular formula is C13H12ClN3O2. The largest absolute Gasteiger partial charge is 0.308 e. The van der Waals surface area contributed by atoms with Gasteiger partial charge in [0.1, 0.15) is 0 Å². The fourth-order valence-corrected chi connectivity index (χ4v) is 1.91. The first-order valence-corrected chi connectivity index (χ1v) is 6.07. The summed E-state index contributed by atoms with van der Waals surface area (Å²) in [7, 11) is 0. The average molecular weight is 278 g/mol. The first kappa shape index (κ1) is 13.5. The van der Waals surface area contributed by atoms with Crippen LogP contribution in [-0.4, -0.2) is 9.91 Å². The molecule has 1 heterocycles. The Labute approximate surface area is 115 Å². The molecule has 1 aromatic heterocycles. The number of aromatic nitrogens is 1. The van der Waals surface area contributed by atoms with Crippen LogP contribution in [0.5, 0.6) is 0 Å². The third kappa shape index (κ3) is 3.74. The molecule has 0 aliphatic rings. The highest BCUT2D eigenvalue weighted by atomic mass is 35.5. The van der Waals surface area contributed by atoms with Crippen molar-refractivity contribution in [3.63, 3.8) is 0 Å². The van der Waals surface area contributed by atoms with E-state index in [1.165, 1.54) is 12.1 Å². The van der Waals surface area contributed by atoms with Crippen LogP contribution in [0.3, 0.4) is 0 Å². The van der Waals surface area contributed by atoms with E-state index in [1.54, 1.807) is 18.5 Å². The van der Waals surface area contributed by atoms with E-state index in [9.17, 15) is 10.1 Å². The number of rotatable bonds is 5. The highest BCUT2D eigenvalue weighted by Crippen LogP contribution is 2.22. The number of pyridine rings is 1. The van der Waals surface area contributed by atoms with Crippen LogP contribution in [0.2, 0.25) is 5.02 Å². The molecule has 2 aromatic rings. The van der Waals surface area contributed by atoms with Gasteiger partial charge in [-0.1, -0.05) is 11.6 Å². The molecule has 0 unspecified atom stereocenters. The molecule has 2 rings (SSSR count). The monoisotopic (exact) mass is 277 g/mol. The normalized spacial score (nSPS) is 10.4. The maximum absolute atomic E-state index is 10.9. The van der Waals surface area contributed by atoms with Gasteiger partial charge >= 0.3 is 0 Å². The maximum Gasteiger partial charge on any atom is 0.273 e. The second kappa shape index (κ2) is 6.26. The zero-order valence-corrected chi connectivity index (χ0v) is 10.8. The van der Waals surface area contributed by atoms with E-state index < -0.39 is 4.92 Å². The van der Waals surface area contributed by atoms with Crippen LogP contribution in [0.4, 0.5) is 5.69 Å². The Hall–Kier alpha value is -1.98. The van der Waals surface area contributed by atoms with Crippen molar-refractivity contribution in [3.05, 3.63) is 69.0 Å². The van der Waals surface area contributed by atoms with E-state index in [0.29, 0.717) is 23.7 Å². The van der Waals surface area contributed by atoms with Gasteiger partial charge < -0.3 is 5.32 Å². The Morgan fingerprint density at radius 1 is 1.21 bits per heavy atom. The molecule has 0 atom stereocenters. The third-order valence-electron chi connectivity index (χ3n) is 2.63. The first-order valence-electron chi connectivity index (χ1n) is 5.69. The standard InChI is InChI=1S/C13H12ClN3O2/c14-12-1-2-13(17(18)19)11(7-12)9-16-8-10-3-5-15-6-4-10/h1-7,16H,8-9H2. The topological polar surface area (TPSA) is 68.1 Å². The lowest BCUT2D eigenvalue weighted by Gasteiger charge is -2.06. The number of nitrogens with zero attached hydrogens (tertiary/aromatic N) is 2. The van der Waals surface area contributed by atoms with E-state index in [0.717, 1.165) is 5.56 Å². The maximum atomic E-state index is 10.9. The molecule has 0 fully saturated rings. The summed E-state index contributed by atoms with van der Waals surface area (Å²) in [6.07, 6.45) is 3.41. The molecule has 1 aromatic carbocycles. The van der Waals surface area contributed by atoms with Crippen molar-refractivity contribution >= 4 is 17.3 Å². The smallest absolute Gasteiger partial charge is 0.273 e. The highest BCUT2D eigenvalue weighted by molar-refractivity contribution is 6.30. The number of halogens is 1. The Kier molecular flexibility index (Phi) is 4.43. The van der Waals surface area contributed by atoms with Crippen LogP contribution in [0.1, 0.15) is 11.1 Å². The Morgan fingerprint density at radius 2 is 1.95 bits per heavy atom. The van der Waals surface area contributed by atoms with Crippen molar-refractivity contribution in [1.29, 1.82) is 0 Å². The average Bonchev–Trinajstić information content (AvgIpc) is 2.39. The van der Waals surface area contributed by atoms with E-state index in [-0.39, 0.29) is 5.69 Å². The van der Waals surface area contributed by atoms with Gasteiger partial charge in [-0.3, -0.25) is 15.1 Å². The van der Waals surface area contributed by atoms with Gasteiger partial charge in [-0.05, 0) is 29.8 Å². The van der Waals surface area contributed by atoms with E-state index in [2.05, 4.69) is 10.3 Å². The lowest BCUT2D eigenvalue weighted by Crippen LogP contribution is -2.13. The molecule has 0 bridgehead atoms. The predicted molar refractivity (Wildman–Crippen MR) is 72.9 cm³/mol. The molecule has 0 saturated heterocycles. The molecule has 0 spiro atoms. The second-order valence-electron chi connectivity index (χ2n) is 3.99. The van der Waals surface area contributed by atoms with E-state index in [1.807, 2.05) is 12.1 Å². The van der Waals surface area contributed by atoms with Gasteiger partial charge in [0, 0.05) is 42.1 Å². The summed E-state index contributed by atoms with van der Waals surface area (Å²) in [5.74, 6) is 0. The predicted octanol–water partition coefficient (Wildman–Crippen LogP) is 2.93. The number of nitro groups is 1. The van der Waals surface area contributed by atoms with Crippen molar-refractivity contribution in [2.45, 2.75) is 13.1 Å². The Morgan fingerprint density at radius 3 is 2.63 bits per heavy atom. The molecule has 0 radical (unpaired) electrons. The first-order chi connectivity index (χ1) is 9.16. The lowest BCUT2D eigenvalue weighted by atomic mass is 10.1. The molecule has 19 heavy (non-hydrogen) atoms. The number of nitrogens with one attached hydrogen (secondary N) is 1. The van der Waals surface area contributed by atoms with Gasteiger partial charge in [-0.25, -0.2) is 0 Å². The van der Waals surface area contributed by atoms with Gasteiger partial charge in [-0.2, -0.15) is 0 Å². The summed E-state index contributed by atoms with van der Waals surface area (Å²) in [5, 5.41) is 14.5. The fourth-order valence-electron chi connectivity index (χ4n) is 1.72. The number of nitro benzene ring substituents is 1. The molecular weight excluding hydrogens is 266 g/mol. The molecule has 6 heteroatoms. The Bertz CT molecular complexity index is 575. The molecule has 0 aliphatic heterocycles. The number of benzene rings is 1. The van der Waals surface area contributed by atoms with Crippen LogP contribution in [0, 0.1) is 10.1 Å². The van der Waals surface area contributed by atoms with Gasteiger partial charge in [0.05, 0.1) is 4.92 Å². The molecule has 0 amide bonds. The summed E-state index contributed by atoms with van der Waals surface area (Å²) >= 11 is 5.86. The third-order valence-corrected chi connectivity index (χ3v) is 2.87. The minimum absolute atomic E-state index is 0.0756. The van der Waals surface area contributed by atoms with Crippen molar-refractivity contribution in [2.24, 2.45) is 0 Å². The van der Waals surface area contributed by atoms with Crippen molar-refractivity contribution in [3.8, 4) is 0 Å². The van der Waals surface area contributed by atoms with Gasteiger partial charge in [0.2, 0.25) is 0 Å². The molecule has 1 N–H and O–H groups in total. The molecule has 0 saturated carbocycles. The van der Waals surface area contributed by atoms with Crippen LogP contribution >= 0.6 is 11.6 Å². The summed E-state index contributed by atoms with van der Waals surface area (Å²) in [5.41, 5.74) is 1.72. The van der Waals surface area contributed by atoms with Gasteiger partial charge in [0.15, 0.2) is 0 Å². The van der Waals surface area contributed by atoms with Crippen molar-refractivity contribution in [1.82, 2.24) is 10.3 Å². The van der Waals surface area contributed by atoms with Gasteiger partial charge in [0.25, 0.3) is 5.69 Å². The van der Waals surface area contributed by atoms with Crippen LogP contribution in [-0.2, 0) is 13.1 Å². The lowest BCUT2D eigenvalue weighted by molar-refractivity contribution is -0.385. The minimum atomic E-state index is -0.403. The second-order valence-corrected chi connectivity index (χ2v) is 4.43. The SMILES string of the molecule is O=[N+]([O-])c1ccc(Cl)cc1CNCc1ccncc1. The van der Waals surface area contributed by atoms with E-state index in [4.69, 9.17) is 11.6 Å². The van der Waals surface area contributed by atoms with Crippen molar-refractivity contribution in [2.75, 3.05) is 0 Å². The fraction of sp³-hybridized carbons (Fsp3) is 0.154. The van der Waals surface area contributed by atoms with Crippen LogP contribution in [0.15, 0.2) is 42.7 Å². The number of hydrogen-bond donors (Lipinski definition) is 1. The minimum Gasteiger partial charge on any atom is -0.308 e. The molecule has 98 valence electrons. The summed E-state index contributed by atoms with van der Waals surface area (Å²) in [6, 6.07) is 8.33. The molecule has 5 nitrogen and oxygen atoms in total. The summed E-state index contributed by atoms with van der Waals surface area (Å²) < 4.78 is 0.